The molecule has 2 heterocycles. The minimum atomic E-state index is -0.0227. The average Bonchev–Trinajstić information content (AvgIpc) is 3.18. The van der Waals surface area contributed by atoms with Crippen LogP contribution in [0.3, 0.4) is 0 Å². The summed E-state index contributed by atoms with van der Waals surface area (Å²) < 4.78 is 7.34. The molecular weight excluding hydrogens is 328 g/mol. The average molecular weight is 350 g/mol. The molecular formula is C21H22N2OS. The molecule has 25 heavy (non-hydrogen) atoms. The number of hydrogen-bond acceptors (Lipinski definition) is 4. The fourth-order valence-electron chi connectivity index (χ4n) is 3.27. The molecule has 4 heteroatoms. The normalized spacial score (nSPS) is 12.6. The summed E-state index contributed by atoms with van der Waals surface area (Å²) in [6.07, 6.45) is 0. The van der Waals surface area contributed by atoms with E-state index in [2.05, 4.69) is 63.9 Å². The molecule has 0 amide bonds. The lowest BCUT2D eigenvalue weighted by Gasteiger charge is -2.22. The molecule has 0 aliphatic carbocycles. The molecule has 128 valence electrons. The summed E-state index contributed by atoms with van der Waals surface area (Å²) in [5, 5.41) is 0. The molecule has 2 aromatic carbocycles. The predicted octanol–water partition coefficient (Wildman–Crippen LogP) is 6.53. The summed E-state index contributed by atoms with van der Waals surface area (Å²) in [7, 11) is 0. The topological polar surface area (TPSA) is 38.9 Å². The van der Waals surface area contributed by atoms with E-state index in [0.717, 1.165) is 22.2 Å². The Morgan fingerprint density at radius 2 is 1.84 bits per heavy atom. The highest BCUT2D eigenvalue weighted by atomic mass is 32.1. The molecule has 4 rings (SSSR count). The maximum absolute atomic E-state index is 6.12. The van der Waals surface area contributed by atoms with Crippen molar-refractivity contribution in [3.05, 3.63) is 47.0 Å². The lowest BCUT2D eigenvalue weighted by atomic mass is 9.83. The zero-order valence-electron chi connectivity index (χ0n) is 15.3. The standard InChI is InChI=1S/C21H22N2OS/c1-12(2)13-6-9-17-16(10-13)23-20(24-17)14-7-8-15-19(25-11-22-15)18(14)21(3,4)5/h6-12H,1-5H3. The van der Waals surface area contributed by atoms with Gasteiger partial charge in [-0.3, -0.25) is 0 Å². The minimum absolute atomic E-state index is 0.0227. The molecule has 0 saturated carbocycles. The van der Waals surface area contributed by atoms with Gasteiger partial charge < -0.3 is 4.42 Å². The third-order valence-electron chi connectivity index (χ3n) is 4.56. The SMILES string of the molecule is CC(C)c1ccc2oc(-c3ccc4ncsc4c3C(C)(C)C)nc2c1. The molecule has 0 fully saturated rings. The van der Waals surface area contributed by atoms with Gasteiger partial charge in [-0.05, 0) is 46.7 Å². The maximum atomic E-state index is 6.12. The third kappa shape index (κ3) is 2.74. The molecule has 0 bridgehead atoms. The van der Waals surface area contributed by atoms with Gasteiger partial charge in [-0.1, -0.05) is 40.7 Å². The van der Waals surface area contributed by atoms with Crippen LogP contribution in [0.5, 0.6) is 0 Å². The summed E-state index contributed by atoms with van der Waals surface area (Å²) in [6.45, 7) is 11.1. The van der Waals surface area contributed by atoms with Crippen molar-refractivity contribution in [1.29, 1.82) is 0 Å². The van der Waals surface area contributed by atoms with Gasteiger partial charge in [0.2, 0.25) is 5.89 Å². The van der Waals surface area contributed by atoms with Crippen LogP contribution in [0.4, 0.5) is 0 Å². The second-order valence-electron chi connectivity index (χ2n) is 7.84. The molecule has 3 nitrogen and oxygen atoms in total. The zero-order chi connectivity index (χ0) is 17.8. The van der Waals surface area contributed by atoms with Gasteiger partial charge in [0, 0.05) is 5.56 Å². The van der Waals surface area contributed by atoms with Crippen molar-refractivity contribution >= 4 is 32.7 Å². The Kier molecular flexibility index (Phi) is 3.69. The Labute approximate surface area is 151 Å². The lowest BCUT2D eigenvalue weighted by Crippen LogP contribution is -2.13. The third-order valence-corrected chi connectivity index (χ3v) is 5.42. The molecule has 2 aromatic heterocycles. The highest BCUT2D eigenvalue weighted by Crippen LogP contribution is 2.40. The number of benzene rings is 2. The Hall–Kier alpha value is -2.20. The van der Waals surface area contributed by atoms with Crippen molar-refractivity contribution in [1.82, 2.24) is 9.97 Å². The van der Waals surface area contributed by atoms with E-state index in [-0.39, 0.29) is 5.41 Å². The van der Waals surface area contributed by atoms with Crippen LogP contribution >= 0.6 is 11.3 Å². The van der Waals surface area contributed by atoms with E-state index in [1.165, 1.54) is 15.8 Å². The number of fused-ring (bicyclic) bond motifs is 2. The second-order valence-corrected chi connectivity index (χ2v) is 8.69. The van der Waals surface area contributed by atoms with Gasteiger partial charge in [-0.25, -0.2) is 9.97 Å². The molecule has 0 aliphatic heterocycles. The number of oxazole rings is 1. The Balaban J connectivity index is 1.96. The van der Waals surface area contributed by atoms with Crippen LogP contribution in [-0.4, -0.2) is 9.97 Å². The molecule has 0 aliphatic rings. The molecule has 0 saturated heterocycles. The van der Waals surface area contributed by atoms with Crippen molar-refractivity contribution < 1.29 is 4.42 Å². The molecule has 0 spiro atoms. The van der Waals surface area contributed by atoms with Crippen molar-refractivity contribution in [2.24, 2.45) is 0 Å². The van der Waals surface area contributed by atoms with E-state index in [4.69, 9.17) is 9.40 Å². The van der Waals surface area contributed by atoms with Crippen LogP contribution in [0, 0.1) is 0 Å². The summed E-state index contributed by atoms with van der Waals surface area (Å²) in [5.74, 6) is 1.17. The first-order valence-electron chi connectivity index (χ1n) is 8.62. The first-order chi connectivity index (χ1) is 11.8. The van der Waals surface area contributed by atoms with Crippen molar-refractivity contribution in [3.8, 4) is 11.5 Å². The number of aromatic nitrogens is 2. The van der Waals surface area contributed by atoms with Gasteiger partial charge in [-0.15, -0.1) is 11.3 Å². The molecule has 0 unspecified atom stereocenters. The van der Waals surface area contributed by atoms with E-state index in [1.54, 1.807) is 11.3 Å². The fraction of sp³-hybridized carbons (Fsp3) is 0.333. The van der Waals surface area contributed by atoms with E-state index in [1.807, 2.05) is 11.6 Å². The summed E-state index contributed by atoms with van der Waals surface area (Å²) in [4.78, 5) is 9.28. The van der Waals surface area contributed by atoms with Crippen LogP contribution in [0.25, 0.3) is 32.8 Å². The maximum Gasteiger partial charge on any atom is 0.227 e. The van der Waals surface area contributed by atoms with Gasteiger partial charge in [0.15, 0.2) is 5.58 Å². The number of rotatable bonds is 2. The summed E-state index contributed by atoms with van der Waals surface area (Å²) >= 11 is 1.68. The van der Waals surface area contributed by atoms with Gasteiger partial charge >= 0.3 is 0 Å². The molecule has 0 radical (unpaired) electrons. The predicted molar refractivity (Wildman–Crippen MR) is 105 cm³/mol. The van der Waals surface area contributed by atoms with E-state index in [9.17, 15) is 0 Å². The quantitative estimate of drug-likeness (QED) is 0.413. The number of hydrogen-bond donors (Lipinski definition) is 0. The van der Waals surface area contributed by atoms with Crippen LogP contribution in [0.1, 0.15) is 51.7 Å². The number of thiazole rings is 1. The van der Waals surface area contributed by atoms with Crippen LogP contribution in [0.15, 0.2) is 40.3 Å². The summed E-state index contributed by atoms with van der Waals surface area (Å²) in [6, 6.07) is 10.4. The first-order valence-corrected chi connectivity index (χ1v) is 9.50. The molecule has 0 atom stereocenters. The highest BCUT2D eigenvalue weighted by molar-refractivity contribution is 7.17. The Morgan fingerprint density at radius 3 is 2.56 bits per heavy atom. The summed E-state index contributed by atoms with van der Waals surface area (Å²) in [5.41, 5.74) is 8.28. The second kappa shape index (κ2) is 5.67. The lowest BCUT2D eigenvalue weighted by molar-refractivity contribution is 0.584. The highest BCUT2D eigenvalue weighted by Gasteiger charge is 2.25. The minimum Gasteiger partial charge on any atom is -0.436 e. The van der Waals surface area contributed by atoms with E-state index >= 15 is 0 Å². The van der Waals surface area contributed by atoms with Crippen LogP contribution in [0.2, 0.25) is 0 Å². The first kappa shape index (κ1) is 16.3. The van der Waals surface area contributed by atoms with E-state index in [0.29, 0.717) is 11.8 Å². The van der Waals surface area contributed by atoms with Crippen molar-refractivity contribution in [2.75, 3.05) is 0 Å². The van der Waals surface area contributed by atoms with Gasteiger partial charge in [0.05, 0.1) is 15.7 Å². The van der Waals surface area contributed by atoms with Crippen LogP contribution in [-0.2, 0) is 5.41 Å². The zero-order valence-corrected chi connectivity index (χ0v) is 16.1. The number of nitrogens with zero attached hydrogens (tertiary/aromatic N) is 2. The Bertz CT molecular complexity index is 1070. The van der Waals surface area contributed by atoms with Gasteiger partial charge in [0.25, 0.3) is 0 Å². The van der Waals surface area contributed by atoms with Gasteiger partial charge in [-0.2, -0.15) is 0 Å². The van der Waals surface area contributed by atoms with E-state index < -0.39 is 0 Å². The fourth-order valence-corrected chi connectivity index (χ4v) is 4.32. The largest absolute Gasteiger partial charge is 0.436 e. The van der Waals surface area contributed by atoms with Crippen molar-refractivity contribution in [3.63, 3.8) is 0 Å². The monoisotopic (exact) mass is 350 g/mol. The molecule has 4 aromatic rings. The molecule has 0 N–H and O–H groups in total. The Morgan fingerprint density at radius 1 is 1.04 bits per heavy atom. The van der Waals surface area contributed by atoms with Gasteiger partial charge in [0.1, 0.15) is 5.52 Å². The van der Waals surface area contributed by atoms with Crippen molar-refractivity contribution in [2.45, 2.75) is 46.0 Å². The van der Waals surface area contributed by atoms with Crippen LogP contribution < -0.4 is 0 Å². The smallest absolute Gasteiger partial charge is 0.227 e.